The topological polar surface area (TPSA) is 75.7 Å². The van der Waals surface area contributed by atoms with Gasteiger partial charge in [0.15, 0.2) is 0 Å². The van der Waals surface area contributed by atoms with E-state index < -0.39 is 10.0 Å². The van der Waals surface area contributed by atoms with Crippen molar-refractivity contribution in [3.05, 3.63) is 52.5 Å². The van der Waals surface area contributed by atoms with Gasteiger partial charge in [0.1, 0.15) is 10.6 Å². The first kappa shape index (κ1) is 20.8. The molecule has 1 saturated heterocycles. The summed E-state index contributed by atoms with van der Waals surface area (Å²) in [7, 11) is -2.32. The van der Waals surface area contributed by atoms with Crippen LogP contribution in [0.2, 0.25) is 0 Å². The van der Waals surface area contributed by atoms with Crippen LogP contribution in [-0.4, -0.2) is 38.8 Å². The summed E-state index contributed by atoms with van der Waals surface area (Å²) in [6, 6.07) is 11.7. The van der Waals surface area contributed by atoms with Gasteiger partial charge >= 0.3 is 0 Å². The molecule has 0 aromatic heterocycles. The third kappa shape index (κ3) is 4.56. The molecule has 0 atom stereocenters. The quantitative estimate of drug-likeness (QED) is 0.713. The number of anilines is 1. The first-order valence-corrected chi connectivity index (χ1v) is 11.4. The number of nitrogens with zero attached hydrogens (tertiary/aromatic N) is 1. The number of methoxy groups -OCH3 is 1. The Bertz CT molecular complexity index is 954. The van der Waals surface area contributed by atoms with Crippen LogP contribution in [0.5, 0.6) is 5.75 Å². The summed E-state index contributed by atoms with van der Waals surface area (Å²) in [6.45, 7) is 0.970. The molecule has 3 rings (SSSR count). The van der Waals surface area contributed by atoms with Gasteiger partial charge in [-0.1, -0.05) is 25.0 Å². The average Bonchev–Trinajstić information content (AvgIpc) is 2.99. The van der Waals surface area contributed by atoms with E-state index in [0.717, 1.165) is 30.2 Å². The fourth-order valence-electron chi connectivity index (χ4n) is 3.20. The van der Waals surface area contributed by atoms with E-state index in [4.69, 9.17) is 4.74 Å². The van der Waals surface area contributed by atoms with Crippen LogP contribution in [0.25, 0.3) is 0 Å². The van der Waals surface area contributed by atoms with Gasteiger partial charge < -0.3 is 10.1 Å². The molecule has 0 unspecified atom stereocenters. The molecule has 1 N–H and O–H groups in total. The highest BCUT2D eigenvalue weighted by atomic mass is 79.9. The van der Waals surface area contributed by atoms with Crippen molar-refractivity contribution in [1.82, 2.24) is 4.31 Å². The van der Waals surface area contributed by atoms with E-state index in [-0.39, 0.29) is 22.1 Å². The average molecular weight is 467 g/mol. The van der Waals surface area contributed by atoms with Crippen LogP contribution in [0, 0.1) is 0 Å². The van der Waals surface area contributed by atoms with Crippen LogP contribution in [0.4, 0.5) is 5.69 Å². The smallest absolute Gasteiger partial charge is 0.255 e. The van der Waals surface area contributed by atoms with Crippen molar-refractivity contribution in [2.24, 2.45) is 0 Å². The number of carbonyl (C=O) groups excluding carboxylic acids is 1. The Kier molecular flexibility index (Phi) is 6.74. The van der Waals surface area contributed by atoms with Gasteiger partial charge in [0.2, 0.25) is 10.0 Å². The molecule has 6 nitrogen and oxygen atoms in total. The number of carbonyl (C=O) groups is 1. The van der Waals surface area contributed by atoms with Crippen LogP contribution in [0.3, 0.4) is 0 Å². The predicted molar refractivity (Wildman–Crippen MR) is 112 cm³/mol. The fraction of sp³-hybridized carbons (Fsp3) is 0.350. The van der Waals surface area contributed by atoms with E-state index in [0.29, 0.717) is 18.8 Å². The minimum Gasteiger partial charge on any atom is -0.495 e. The normalized spacial score (nSPS) is 15.6. The van der Waals surface area contributed by atoms with Gasteiger partial charge in [0.25, 0.3) is 5.91 Å². The maximum absolute atomic E-state index is 13.2. The number of halogens is 1. The molecular weight excluding hydrogens is 444 g/mol. The summed E-state index contributed by atoms with van der Waals surface area (Å²) in [6.07, 6.45) is 3.72. The first-order chi connectivity index (χ1) is 13.4. The summed E-state index contributed by atoms with van der Waals surface area (Å²) in [4.78, 5) is 12.7. The van der Waals surface area contributed by atoms with Crippen LogP contribution < -0.4 is 10.1 Å². The third-order valence-corrected chi connectivity index (χ3v) is 7.34. The van der Waals surface area contributed by atoms with Crippen LogP contribution in [0.1, 0.15) is 36.0 Å². The van der Waals surface area contributed by atoms with Gasteiger partial charge in [0, 0.05) is 23.1 Å². The number of hydrogen-bond acceptors (Lipinski definition) is 4. The number of nitrogens with one attached hydrogen (secondary N) is 1. The number of sulfonamides is 1. The van der Waals surface area contributed by atoms with Crippen LogP contribution in [-0.2, 0) is 10.0 Å². The minimum atomic E-state index is -3.75. The van der Waals surface area contributed by atoms with E-state index in [1.807, 2.05) is 18.2 Å². The molecule has 1 aliphatic heterocycles. The summed E-state index contributed by atoms with van der Waals surface area (Å²) in [5.74, 6) is -0.149. The number of hydrogen-bond donors (Lipinski definition) is 1. The Morgan fingerprint density at radius 3 is 2.39 bits per heavy atom. The number of rotatable bonds is 5. The molecule has 150 valence electrons. The van der Waals surface area contributed by atoms with Gasteiger partial charge in [-0.25, -0.2) is 8.42 Å². The molecule has 0 saturated carbocycles. The Morgan fingerprint density at radius 1 is 1.07 bits per heavy atom. The van der Waals surface area contributed by atoms with Crippen molar-refractivity contribution in [3.8, 4) is 5.75 Å². The van der Waals surface area contributed by atoms with E-state index in [9.17, 15) is 13.2 Å². The second-order valence-electron chi connectivity index (χ2n) is 6.62. The standard InChI is InChI=1S/C20H23BrN2O4S/c1-27-18-11-10-15(20(24)22-17-9-5-4-8-16(17)21)14-19(18)28(25,26)23-12-6-2-3-7-13-23/h4-5,8-11,14H,2-3,6-7,12-13H2,1H3,(H,22,24). The lowest BCUT2D eigenvalue weighted by Crippen LogP contribution is -2.32. The van der Waals surface area contributed by atoms with Crippen molar-refractivity contribution >= 4 is 37.5 Å². The van der Waals surface area contributed by atoms with E-state index >= 15 is 0 Å². The monoisotopic (exact) mass is 466 g/mol. The zero-order valence-electron chi connectivity index (χ0n) is 15.7. The largest absolute Gasteiger partial charge is 0.495 e. The Labute approximate surface area is 174 Å². The fourth-order valence-corrected chi connectivity index (χ4v) is 5.28. The van der Waals surface area contributed by atoms with Crippen molar-refractivity contribution in [1.29, 1.82) is 0 Å². The first-order valence-electron chi connectivity index (χ1n) is 9.17. The molecule has 1 aliphatic rings. The Morgan fingerprint density at radius 2 is 1.75 bits per heavy atom. The van der Waals surface area contributed by atoms with Crippen molar-refractivity contribution in [3.63, 3.8) is 0 Å². The highest BCUT2D eigenvalue weighted by molar-refractivity contribution is 9.10. The molecular formula is C20H23BrN2O4S. The molecule has 28 heavy (non-hydrogen) atoms. The lowest BCUT2D eigenvalue weighted by atomic mass is 10.2. The van der Waals surface area contributed by atoms with Gasteiger partial charge in [-0.05, 0) is 59.1 Å². The molecule has 1 amide bonds. The SMILES string of the molecule is COc1ccc(C(=O)Nc2ccccc2Br)cc1S(=O)(=O)N1CCCCCC1. The Balaban J connectivity index is 1.93. The van der Waals surface area contributed by atoms with Crippen molar-refractivity contribution in [2.45, 2.75) is 30.6 Å². The molecule has 0 bridgehead atoms. The number of para-hydroxylation sites is 1. The maximum atomic E-state index is 13.2. The van der Waals surface area contributed by atoms with Crippen LogP contribution >= 0.6 is 15.9 Å². The highest BCUT2D eigenvalue weighted by Crippen LogP contribution is 2.30. The second-order valence-corrected chi connectivity index (χ2v) is 9.38. The van der Waals surface area contributed by atoms with E-state index in [1.165, 1.54) is 23.5 Å². The zero-order chi connectivity index (χ0) is 20.1. The number of amides is 1. The van der Waals surface area contributed by atoms with Crippen molar-refractivity contribution < 1.29 is 17.9 Å². The third-order valence-electron chi connectivity index (χ3n) is 4.73. The molecule has 2 aromatic carbocycles. The zero-order valence-corrected chi connectivity index (χ0v) is 18.1. The summed E-state index contributed by atoms with van der Waals surface area (Å²) >= 11 is 3.39. The van der Waals surface area contributed by atoms with E-state index in [1.54, 1.807) is 12.1 Å². The number of ether oxygens (including phenoxy) is 1. The molecule has 2 aromatic rings. The van der Waals surface area contributed by atoms with Crippen LogP contribution in [0.15, 0.2) is 51.8 Å². The molecule has 1 fully saturated rings. The number of benzene rings is 2. The maximum Gasteiger partial charge on any atom is 0.255 e. The van der Waals surface area contributed by atoms with Gasteiger partial charge in [-0.2, -0.15) is 4.31 Å². The van der Waals surface area contributed by atoms with Crippen molar-refractivity contribution in [2.75, 3.05) is 25.5 Å². The minimum absolute atomic E-state index is 0.0247. The summed E-state index contributed by atoms with van der Waals surface area (Å²) in [5.41, 5.74) is 0.866. The van der Waals surface area contributed by atoms with Gasteiger partial charge in [-0.3, -0.25) is 4.79 Å². The molecule has 0 spiro atoms. The molecule has 0 radical (unpaired) electrons. The lowest BCUT2D eigenvalue weighted by Gasteiger charge is -2.21. The predicted octanol–water partition coefficient (Wildman–Crippen LogP) is 4.27. The lowest BCUT2D eigenvalue weighted by molar-refractivity contribution is 0.102. The van der Waals surface area contributed by atoms with E-state index in [2.05, 4.69) is 21.2 Å². The molecule has 8 heteroatoms. The molecule has 0 aliphatic carbocycles. The Hall–Kier alpha value is -1.90. The summed E-state index contributed by atoms with van der Waals surface area (Å²) in [5, 5.41) is 2.80. The highest BCUT2D eigenvalue weighted by Gasteiger charge is 2.29. The molecule has 1 heterocycles. The van der Waals surface area contributed by atoms with Gasteiger partial charge in [-0.15, -0.1) is 0 Å². The van der Waals surface area contributed by atoms with Gasteiger partial charge in [0.05, 0.1) is 12.8 Å². The second kappa shape index (κ2) is 9.07. The summed E-state index contributed by atoms with van der Waals surface area (Å²) < 4.78 is 33.9.